The van der Waals surface area contributed by atoms with Crippen LogP contribution in [0.5, 0.6) is 11.5 Å². The number of fused-ring (bicyclic) bond motifs is 1. The summed E-state index contributed by atoms with van der Waals surface area (Å²) < 4.78 is 11.6. The number of nitrogens with two attached hydrogens (primary N) is 1. The minimum Gasteiger partial charge on any atom is -0.454 e. The van der Waals surface area contributed by atoms with E-state index in [2.05, 4.69) is 26.2 Å². The van der Waals surface area contributed by atoms with Crippen LogP contribution in [-0.4, -0.2) is 11.8 Å². The lowest BCUT2D eigenvalue weighted by molar-refractivity contribution is 0.173. The Hall–Kier alpha value is -1.95. The van der Waals surface area contributed by atoms with Gasteiger partial charge in [-0.3, -0.25) is 0 Å². The summed E-state index contributed by atoms with van der Waals surface area (Å²) in [6, 6.07) is 7.61. The first-order chi connectivity index (χ1) is 9.24. The van der Waals surface area contributed by atoms with Gasteiger partial charge < -0.3 is 20.5 Å². The van der Waals surface area contributed by atoms with E-state index in [1.54, 1.807) is 6.20 Å². The van der Waals surface area contributed by atoms with Crippen molar-refractivity contribution < 1.29 is 9.47 Å². The number of anilines is 2. The van der Waals surface area contributed by atoms with E-state index in [1.165, 1.54) is 0 Å². The van der Waals surface area contributed by atoms with Crippen molar-refractivity contribution in [3.8, 4) is 11.5 Å². The zero-order valence-electron chi connectivity index (χ0n) is 10.0. The first kappa shape index (κ1) is 12.1. The summed E-state index contributed by atoms with van der Waals surface area (Å²) in [7, 11) is 0. The van der Waals surface area contributed by atoms with Crippen molar-refractivity contribution in [1.82, 2.24) is 4.98 Å². The van der Waals surface area contributed by atoms with E-state index in [1.807, 2.05) is 24.3 Å². The number of nitrogens with one attached hydrogen (secondary N) is 1. The van der Waals surface area contributed by atoms with Gasteiger partial charge in [0.15, 0.2) is 11.5 Å². The Kier molecular flexibility index (Phi) is 3.16. The van der Waals surface area contributed by atoms with Gasteiger partial charge in [0.2, 0.25) is 6.79 Å². The van der Waals surface area contributed by atoms with Crippen LogP contribution in [0.3, 0.4) is 0 Å². The summed E-state index contributed by atoms with van der Waals surface area (Å²) in [6.07, 6.45) is 1.70. The van der Waals surface area contributed by atoms with Crippen LogP contribution < -0.4 is 20.5 Å². The minimum absolute atomic E-state index is 0.269. The molecular formula is C13H12BrN3O2. The summed E-state index contributed by atoms with van der Waals surface area (Å²) in [5, 5.41) is 3.19. The Morgan fingerprint density at radius 1 is 1.37 bits per heavy atom. The number of nitrogens with zero attached hydrogens (tertiary/aromatic N) is 1. The molecule has 0 amide bonds. The molecule has 1 aromatic heterocycles. The van der Waals surface area contributed by atoms with E-state index in [9.17, 15) is 0 Å². The molecule has 0 aliphatic carbocycles. The lowest BCUT2D eigenvalue weighted by Gasteiger charge is -2.10. The van der Waals surface area contributed by atoms with Crippen molar-refractivity contribution in [2.75, 3.05) is 17.8 Å². The average molecular weight is 322 g/mol. The highest BCUT2D eigenvalue weighted by Gasteiger charge is 2.17. The van der Waals surface area contributed by atoms with Crippen molar-refractivity contribution in [2.24, 2.45) is 0 Å². The molecular weight excluding hydrogens is 310 g/mol. The maximum atomic E-state index is 5.89. The third-order valence-electron chi connectivity index (χ3n) is 2.81. The Bertz CT molecular complexity index is 619. The molecule has 3 rings (SSSR count). The van der Waals surface area contributed by atoms with Gasteiger partial charge in [0, 0.05) is 22.8 Å². The zero-order valence-corrected chi connectivity index (χ0v) is 11.6. The molecule has 0 saturated heterocycles. The highest BCUT2D eigenvalue weighted by molar-refractivity contribution is 9.10. The first-order valence-corrected chi connectivity index (χ1v) is 6.56. The lowest BCUT2D eigenvalue weighted by Crippen LogP contribution is -2.05. The molecule has 2 heterocycles. The summed E-state index contributed by atoms with van der Waals surface area (Å²) in [6.45, 7) is 0.844. The third-order valence-corrected chi connectivity index (χ3v) is 3.24. The van der Waals surface area contributed by atoms with E-state index in [0.717, 1.165) is 21.5 Å². The van der Waals surface area contributed by atoms with Crippen LogP contribution in [0, 0.1) is 0 Å². The van der Waals surface area contributed by atoms with E-state index < -0.39 is 0 Å². The molecule has 5 nitrogen and oxygen atoms in total. The fourth-order valence-electron chi connectivity index (χ4n) is 1.91. The molecule has 2 aromatic rings. The predicted molar refractivity (Wildman–Crippen MR) is 76.2 cm³/mol. The summed E-state index contributed by atoms with van der Waals surface area (Å²) in [4.78, 5) is 4.23. The number of benzene rings is 1. The number of para-hydroxylation sites is 1. The summed E-state index contributed by atoms with van der Waals surface area (Å²) in [5.41, 5.74) is 7.50. The van der Waals surface area contributed by atoms with Crippen LogP contribution in [0.4, 0.5) is 11.5 Å². The van der Waals surface area contributed by atoms with E-state index in [0.29, 0.717) is 18.1 Å². The fraction of sp³-hybridized carbons (Fsp3) is 0.154. The highest BCUT2D eigenvalue weighted by atomic mass is 79.9. The number of halogens is 1. The van der Waals surface area contributed by atoms with Gasteiger partial charge in [0.1, 0.15) is 5.82 Å². The largest absolute Gasteiger partial charge is 0.454 e. The number of pyridine rings is 1. The van der Waals surface area contributed by atoms with Crippen molar-refractivity contribution in [3.05, 3.63) is 40.5 Å². The number of aromatic nitrogens is 1. The van der Waals surface area contributed by atoms with Crippen LogP contribution in [0.15, 0.2) is 34.9 Å². The van der Waals surface area contributed by atoms with Gasteiger partial charge in [0.25, 0.3) is 0 Å². The molecule has 0 radical (unpaired) electrons. The van der Waals surface area contributed by atoms with Crippen molar-refractivity contribution in [1.29, 1.82) is 0 Å². The van der Waals surface area contributed by atoms with E-state index >= 15 is 0 Å². The molecule has 0 saturated carbocycles. The molecule has 3 N–H and O–H groups in total. The molecule has 0 atom stereocenters. The third kappa shape index (κ3) is 2.44. The molecule has 0 bridgehead atoms. The Morgan fingerprint density at radius 2 is 2.26 bits per heavy atom. The second-order valence-corrected chi connectivity index (χ2v) is 5.01. The van der Waals surface area contributed by atoms with Gasteiger partial charge >= 0.3 is 0 Å². The molecule has 0 unspecified atom stereocenters. The van der Waals surface area contributed by atoms with Gasteiger partial charge in [-0.1, -0.05) is 12.1 Å². The fourth-order valence-corrected chi connectivity index (χ4v) is 2.26. The van der Waals surface area contributed by atoms with Crippen molar-refractivity contribution >= 4 is 27.4 Å². The molecule has 6 heteroatoms. The number of ether oxygens (including phenoxy) is 2. The lowest BCUT2D eigenvalue weighted by atomic mass is 10.2. The van der Waals surface area contributed by atoms with Gasteiger partial charge in [-0.2, -0.15) is 0 Å². The molecule has 0 spiro atoms. The second kappa shape index (κ2) is 4.97. The maximum Gasteiger partial charge on any atom is 0.231 e. The normalized spacial score (nSPS) is 12.5. The number of rotatable bonds is 3. The molecule has 19 heavy (non-hydrogen) atoms. The molecule has 1 aromatic carbocycles. The monoisotopic (exact) mass is 321 g/mol. The van der Waals surface area contributed by atoms with Crippen LogP contribution in [-0.2, 0) is 6.54 Å². The van der Waals surface area contributed by atoms with Crippen LogP contribution in [0.25, 0.3) is 0 Å². The number of hydrogen-bond acceptors (Lipinski definition) is 5. The average Bonchev–Trinajstić information content (AvgIpc) is 2.86. The predicted octanol–water partition coefficient (Wildman–Crippen LogP) is 2.77. The standard InChI is InChI=1S/C13H12BrN3O2/c14-9-4-10(15)13(17-6-9)16-5-8-2-1-3-11-12(8)19-7-18-11/h1-4,6H,5,7,15H2,(H,16,17). The Balaban J connectivity index is 1.78. The van der Waals surface area contributed by atoms with E-state index in [4.69, 9.17) is 15.2 Å². The maximum absolute atomic E-state index is 5.89. The van der Waals surface area contributed by atoms with Crippen LogP contribution in [0.1, 0.15) is 5.56 Å². The van der Waals surface area contributed by atoms with Crippen molar-refractivity contribution in [3.63, 3.8) is 0 Å². The second-order valence-electron chi connectivity index (χ2n) is 4.10. The quantitative estimate of drug-likeness (QED) is 0.909. The van der Waals surface area contributed by atoms with Gasteiger partial charge in [-0.25, -0.2) is 4.98 Å². The van der Waals surface area contributed by atoms with Crippen LogP contribution in [0.2, 0.25) is 0 Å². The highest BCUT2D eigenvalue weighted by Crippen LogP contribution is 2.35. The SMILES string of the molecule is Nc1cc(Br)cnc1NCc1cccc2c1OCO2. The van der Waals surface area contributed by atoms with Gasteiger partial charge in [0.05, 0.1) is 5.69 Å². The summed E-state index contributed by atoms with van der Waals surface area (Å²) in [5.74, 6) is 2.21. The topological polar surface area (TPSA) is 69.4 Å². The minimum atomic E-state index is 0.269. The van der Waals surface area contributed by atoms with E-state index in [-0.39, 0.29) is 6.79 Å². The molecule has 1 aliphatic rings. The van der Waals surface area contributed by atoms with Gasteiger partial charge in [-0.15, -0.1) is 0 Å². The summed E-state index contributed by atoms with van der Waals surface area (Å²) >= 11 is 3.33. The van der Waals surface area contributed by atoms with Crippen LogP contribution >= 0.6 is 15.9 Å². The first-order valence-electron chi connectivity index (χ1n) is 5.76. The molecule has 0 fully saturated rings. The van der Waals surface area contributed by atoms with Gasteiger partial charge in [-0.05, 0) is 28.1 Å². The number of hydrogen-bond donors (Lipinski definition) is 2. The smallest absolute Gasteiger partial charge is 0.231 e. The Morgan fingerprint density at radius 3 is 3.11 bits per heavy atom. The number of nitrogen functional groups attached to an aromatic ring is 1. The molecule has 1 aliphatic heterocycles. The zero-order chi connectivity index (χ0) is 13.2. The molecule has 98 valence electrons. The Labute approximate surface area is 118 Å². The van der Waals surface area contributed by atoms with Crippen molar-refractivity contribution in [2.45, 2.75) is 6.54 Å².